The summed E-state index contributed by atoms with van der Waals surface area (Å²) >= 11 is 0. The van der Waals surface area contributed by atoms with E-state index in [-0.39, 0.29) is 11.5 Å². The standard InChI is InChI=1S/C11H15FN2O3/c1-11(2)4-3-6(5-11)14-9(16)7(12)8(15)13-10(14)17/h6-7H,3-5H2,1-2H3,(H,13,15,17). The molecule has 2 unspecified atom stereocenters. The molecule has 0 radical (unpaired) electrons. The van der Waals surface area contributed by atoms with Crippen molar-refractivity contribution in [3.05, 3.63) is 0 Å². The first kappa shape index (κ1) is 12.0. The van der Waals surface area contributed by atoms with E-state index in [4.69, 9.17) is 0 Å². The van der Waals surface area contributed by atoms with Crippen LogP contribution in [-0.4, -0.2) is 35.0 Å². The fourth-order valence-corrected chi connectivity index (χ4v) is 2.53. The number of carbonyl (C=O) groups excluding carboxylic acids is 3. The van der Waals surface area contributed by atoms with Crippen molar-refractivity contribution in [2.75, 3.05) is 0 Å². The Bertz CT molecular complexity index is 394. The second-order valence-electron chi connectivity index (χ2n) is 5.43. The summed E-state index contributed by atoms with van der Waals surface area (Å²) in [7, 11) is 0. The Kier molecular flexibility index (Phi) is 2.67. The monoisotopic (exact) mass is 242 g/mol. The Balaban J connectivity index is 2.18. The highest BCUT2D eigenvalue weighted by Gasteiger charge is 2.46. The molecule has 2 fully saturated rings. The molecule has 0 bridgehead atoms. The number of amides is 4. The summed E-state index contributed by atoms with van der Waals surface area (Å²) < 4.78 is 13.3. The molecule has 4 amide bonds. The van der Waals surface area contributed by atoms with Crippen LogP contribution in [0, 0.1) is 5.41 Å². The Morgan fingerprint density at radius 2 is 2.00 bits per heavy atom. The third-order valence-corrected chi connectivity index (χ3v) is 3.44. The van der Waals surface area contributed by atoms with Gasteiger partial charge in [0, 0.05) is 6.04 Å². The molecule has 0 aromatic rings. The molecule has 5 nitrogen and oxygen atoms in total. The van der Waals surface area contributed by atoms with Crippen LogP contribution in [0.4, 0.5) is 9.18 Å². The number of halogens is 1. The van der Waals surface area contributed by atoms with Crippen LogP contribution in [0.25, 0.3) is 0 Å². The maximum Gasteiger partial charge on any atom is 0.331 e. The van der Waals surface area contributed by atoms with Gasteiger partial charge in [0.2, 0.25) is 0 Å². The minimum Gasteiger partial charge on any atom is -0.275 e. The smallest absolute Gasteiger partial charge is 0.275 e. The van der Waals surface area contributed by atoms with Crippen molar-refractivity contribution >= 4 is 17.8 Å². The molecule has 94 valence electrons. The van der Waals surface area contributed by atoms with Gasteiger partial charge in [-0.15, -0.1) is 0 Å². The number of alkyl halides is 1. The SMILES string of the molecule is CC1(C)CCC(N2C(=O)NC(=O)C(F)C2=O)C1. The molecule has 1 N–H and O–H groups in total. The number of urea groups is 1. The topological polar surface area (TPSA) is 66.5 Å². The quantitative estimate of drug-likeness (QED) is 0.697. The summed E-state index contributed by atoms with van der Waals surface area (Å²) in [6.07, 6.45) is -0.0730. The summed E-state index contributed by atoms with van der Waals surface area (Å²) in [6, 6.07) is -1.10. The third-order valence-electron chi connectivity index (χ3n) is 3.44. The molecule has 1 aliphatic heterocycles. The van der Waals surface area contributed by atoms with Crippen molar-refractivity contribution in [1.29, 1.82) is 0 Å². The van der Waals surface area contributed by atoms with Gasteiger partial charge in [-0.05, 0) is 24.7 Å². The molecule has 1 saturated heterocycles. The van der Waals surface area contributed by atoms with Crippen LogP contribution < -0.4 is 5.32 Å². The van der Waals surface area contributed by atoms with Gasteiger partial charge in [-0.3, -0.25) is 19.8 Å². The molecule has 1 aliphatic carbocycles. The van der Waals surface area contributed by atoms with Gasteiger partial charge in [0.1, 0.15) is 0 Å². The maximum atomic E-state index is 13.3. The van der Waals surface area contributed by atoms with Crippen LogP contribution in [0.2, 0.25) is 0 Å². The van der Waals surface area contributed by atoms with E-state index >= 15 is 0 Å². The van der Waals surface area contributed by atoms with Crippen LogP contribution in [0.5, 0.6) is 0 Å². The van der Waals surface area contributed by atoms with E-state index in [1.807, 2.05) is 19.2 Å². The van der Waals surface area contributed by atoms with E-state index in [0.29, 0.717) is 12.8 Å². The van der Waals surface area contributed by atoms with Gasteiger partial charge in [0.15, 0.2) is 0 Å². The van der Waals surface area contributed by atoms with Gasteiger partial charge in [-0.2, -0.15) is 0 Å². The predicted molar refractivity (Wildman–Crippen MR) is 56.7 cm³/mol. The number of barbiturate groups is 1. The van der Waals surface area contributed by atoms with Crippen molar-refractivity contribution in [3.63, 3.8) is 0 Å². The molecule has 2 rings (SSSR count). The Labute approximate surface area is 98.3 Å². The van der Waals surface area contributed by atoms with E-state index in [1.165, 1.54) is 0 Å². The predicted octanol–water partition coefficient (Wildman–Crippen LogP) is 0.982. The summed E-state index contributed by atoms with van der Waals surface area (Å²) in [5, 5.41) is 1.87. The van der Waals surface area contributed by atoms with Gasteiger partial charge in [0.25, 0.3) is 18.0 Å². The largest absolute Gasteiger partial charge is 0.331 e. The molecule has 0 aromatic carbocycles. The Hall–Kier alpha value is -1.46. The number of imide groups is 2. The minimum absolute atomic E-state index is 0.0402. The van der Waals surface area contributed by atoms with Crippen LogP contribution in [0.3, 0.4) is 0 Å². The summed E-state index contributed by atoms with van der Waals surface area (Å²) in [5.74, 6) is -2.19. The number of nitrogens with zero attached hydrogens (tertiary/aromatic N) is 1. The van der Waals surface area contributed by atoms with Crippen LogP contribution in [-0.2, 0) is 9.59 Å². The van der Waals surface area contributed by atoms with Crippen LogP contribution >= 0.6 is 0 Å². The van der Waals surface area contributed by atoms with E-state index < -0.39 is 24.0 Å². The second kappa shape index (κ2) is 3.78. The average Bonchev–Trinajstić information content (AvgIpc) is 2.55. The molecule has 1 heterocycles. The van der Waals surface area contributed by atoms with Crippen molar-refractivity contribution in [1.82, 2.24) is 10.2 Å². The lowest BCUT2D eigenvalue weighted by Gasteiger charge is -2.32. The van der Waals surface area contributed by atoms with Crippen molar-refractivity contribution in [2.24, 2.45) is 5.41 Å². The zero-order valence-corrected chi connectivity index (χ0v) is 9.83. The molecular weight excluding hydrogens is 227 g/mol. The normalized spacial score (nSPS) is 32.9. The number of carbonyl (C=O) groups is 3. The Morgan fingerprint density at radius 1 is 1.35 bits per heavy atom. The molecule has 17 heavy (non-hydrogen) atoms. The number of nitrogens with one attached hydrogen (secondary N) is 1. The molecule has 6 heteroatoms. The van der Waals surface area contributed by atoms with E-state index in [2.05, 4.69) is 0 Å². The van der Waals surface area contributed by atoms with Gasteiger partial charge < -0.3 is 0 Å². The first-order valence-electron chi connectivity index (χ1n) is 5.64. The first-order valence-corrected chi connectivity index (χ1v) is 5.64. The molecule has 0 spiro atoms. The highest BCUT2D eigenvalue weighted by Crippen LogP contribution is 2.39. The van der Waals surface area contributed by atoms with E-state index in [9.17, 15) is 18.8 Å². The molecule has 2 aliphatic rings. The van der Waals surface area contributed by atoms with Crippen LogP contribution in [0.1, 0.15) is 33.1 Å². The van der Waals surface area contributed by atoms with Gasteiger partial charge >= 0.3 is 6.03 Å². The molecular formula is C11H15FN2O3. The number of rotatable bonds is 1. The third kappa shape index (κ3) is 2.03. The fraction of sp³-hybridized carbons (Fsp3) is 0.727. The second-order valence-corrected chi connectivity index (χ2v) is 5.43. The maximum absolute atomic E-state index is 13.3. The van der Waals surface area contributed by atoms with Crippen LogP contribution in [0.15, 0.2) is 0 Å². The van der Waals surface area contributed by atoms with E-state index in [1.54, 1.807) is 0 Å². The first-order chi connectivity index (χ1) is 7.82. The van der Waals surface area contributed by atoms with Gasteiger partial charge in [-0.1, -0.05) is 13.8 Å². The molecule has 0 aromatic heterocycles. The van der Waals surface area contributed by atoms with Gasteiger partial charge in [-0.25, -0.2) is 9.18 Å². The fourth-order valence-electron chi connectivity index (χ4n) is 2.53. The van der Waals surface area contributed by atoms with E-state index in [0.717, 1.165) is 11.3 Å². The Morgan fingerprint density at radius 3 is 2.53 bits per heavy atom. The highest BCUT2D eigenvalue weighted by atomic mass is 19.1. The minimum atomic E-state index is -2.25. The highest BCUT2D eigenvalue weighted by molar-refractivity contribution is 6.18. The number of hydrogen-bond acceptors (Lipinski definition) is 3. The lowest BCUT2D eigenvalue weighted by atomic mass is 9.91. The van der Waals surface area contributed by atoms with Gasteiger partial charge in [0.05, 0.1) is 0 Å². The molecule has 1 saturated carbocycles. The number of hydrogen-bond donors (Lipinski definition) is 1. The summed E-state index contributed by atoms with van der Waals surface area (Å²) in [4.78, 5) is 35.0. The zero-order valence-electron chi connectivity index (χ0n) is 9.83. The lowest BCUT2D eigenvalue weighted by molar-refractivity contribution is -0.145. The van der Waals surface area contributed by atoms with Crippen molar-refractivity contribution < 1.29 is 18.8 Å². The average molecular weight is 242 g/mol. The van der Waals surface area contributed by atoms with Crippen molar-refractivity contribution in [3.8, 4) is 0 Å². The molecule has 2 atom stereocenters. The van der Waals surface area contributed by atoms with Crippen molar-refractivity contribution in [2.45, 2.75) is 45.3 Å². The zero-order chi connectivity index (χ0) is 12.8. The summed E-state index contributed by atoms with van der Waals surface area (Å²) in [5.41, 5.74) is 0.0402. The summed E-state index contributed by atoms with van der Waals surface area (Å²) in [6.45, 7) is 4.08. The lowest BCUT2D eigenvalue weighted by Crippen LogP contribution is -2.61.